The molecule has 294 valence electrons. The van der Waals surface area contributed by atoms with E-state index in [0.717, 1.165) is 45.4 Å². The van der Waals surface area contributed by atoms with Gasteiger partial charge in [0, 0.05) is 36.6 Å². The molecule has 0 bridgehead atoms. The maximum absolute atomic E-state index is 7.68. The van der Waals surface area contributed by atoms with Crippen molar-refractivity contribution in [2.45, 2.75) is 116 Å². The lowest BCUT2D eigenvalue weighted by atomic mass is 10.2. The van der Waals surface area contributed by atoms with E-state index in [4.69, 9.17) is 23.2 Å². The molecule has 0 aliphatic carbocycles. The van der Waals surface area contributed by atoms with E-state index in [2.05, 4.69) is 226 Å². The second kappa shape index (κ2) is 18.7. The van der Waals surface area contributed by atoms with E-state index in [1.54, 1.807) is 0 Å². The molecule has 0 aromatic heterocycles. The summed E-state index contributed by atoms with van der Waals surface area (Å²) in [5.74, 6) is 14.5. The van der Waals surface area contributed by atoms with Crippen LogP contribution in [0.1, 0.15) is 54.4 Å². The van der Waals surface area contributed by atoms with Crippen LogP contribution >= 0.6 is 23.2 Å². The summed E-state index contributed by atoms with van der Waals surface area (Å²) in [6.07, 6.45) is 1.63. The highest BCUT2D eigenvalue weighted by Crippen LogP contribution is 2.44. The Balaban J connectivity index is 2.14. The maximum Gasteiger partial charge on any atom is 0.165 e. The van der Waals surface area contributed by atoms with Gasteiger partial charge in [-0.15, -0.1) is 0 Å². The smallest absolute Gasteiger partial charge is 0.0886 e. The van der Waals surface area contributed by atoms with Gasteiger partial charge in [-0.1, -0.05) is 249 Å². The van der Waals surface area contributed by atoms with Crippen molar-refractivity contribution in [1.82, 2.24) is 0 Å². The van der Waals surface area contributed by atoms with Crippen LogP contribution in [0.2, 0.25) is 61.4 Å². The lowest BCUT2D eigenvalue weighted by molar-refractivity contribution is 0.736. The lowest BCUT2D eigenvalue weighted by Crippen LogP contribution is -2.66. The minimum atomic E-state index is -2.85. The maximum atomic E-state index is 7.68. The third kappa shape index (κ3) is 10.5. The van der Waals surface area contributed by atoms with Crippen LogP contribution < -0.4 is 20.7 Å². The number of halogens is 2. The van der Waals surface area contributed by atoms with Gasteiger partial charge in [-0.3, -0.25) is 0 Å². The highest BCUT2D eigenvalue weighted by Gasteiger charge is 2.52. The summed E-state index contributed by atoms with van der Waals surface area (Å²) in [4.78, 5) is 0. The van der Waals surface area contributed by atoms with E-state index < -0.39 is 32.3 Å². The average molecular weight is 848 g/mol. The Morgan fingerprint density at radius 1 is 0.429 bits per heavy atom. The van der Waals surface area contributed by atoms with Gasteiger partial charge < -0.3 is 0 Å². The van der Waals surface area contributed by atoms with Crippen molar-refractivity contribution in [1.29, 1.82) is 0 Å². The Morgan fingerprint density at radius 2 is 0.661 bits per heavy atom. The molecule has 0 saturated carbocycles. The van der Waals surface area contributed by atoms with Gasteiger partial charge >= 0.3 is 0 Å². The molecule has 0 amide bonds. The van der Waals surface area contributed by atoms with E-state index in [9.17, 15) is 0 Å². The van der Waals surface area contributed by atoms with Gasteiger partial charge in [-0.2, -0.15) is 0 Å². The summed E-state index contributed by atoms with van der Waals surface area (Å²) >= 11 is 15.4. The molecule has 0 fully saturated rings. The van der Waals surface area contributed by atoms with Crippen molar-refractivity contribution in [2.24, 2.45) is 0 Å². The highest BCUT2D eigenvalue weighted by molar-refractivity contribution is 7.11. The molecular formula is C50H64Cl2Si4. The summed E-state index contributed by atoms with van der Waals surface area (Å²) in [5.41, 5.74) is 0. The van der Waals surface area contributed by atoms with Crippen molar-refractivity contribution in [3.63, 3.8) is 0 Å². The van der Waals surface area contributed by atoms with Crippen LogP contribution in [0.4, 0.5) is 0 Å². The minimum absolute atomic E-state index is 0.160. The summed E-state index contributed by atoms with van der Waals surface area (Å²) in [5, 5.41) is 8.82. The number of benzene rings is 4. The van der Waals surface area contributed by atoms with Gasteiger partial charge in [0.2, 0.25) is 0 Å². The van der Waals surface area contributed by atoms with Gasteiger partial charge in [0.1, 0.15) is 0 Å². The zero-order chi connectivity index (χ0) is 41.4. The molecule has 56 heavy (non-hydrogen) atoms. The molecule has 0 atom stereocenters. The van der Waals surface area contributed by atoms with Crippen molar-refractivity contribution >= 4 is 76.2 Å². The molecular weight excluding hydrogens is 784 g/mol. The van der Waals surface area contributed by atoms with Crippen LogP contribution in [-0.2, 0) is 0 Å². The molecule has 0 N–H and O–H groups in total. The van der Waals surface area contributed by atoms with Crippen LogP contribution in [0.25, 0.3) is 0 Å². The topological polar surface area (TPSA) is 0 Å². The van der Waals surface area contributed by atoms with Crippen LogP contribution in [0.5, 0.6) is 0 Å². The molecule has 0 unspecified atom stereocenters. The zero-order valence-corrected chi connectivity index (χ0v) is 41.6. The minimum Gasteiger partial charge on any atom is -0.0886 e. The number of hydrogen-bond acceptors (Lipinski definition) is 0. The second-order valence-electron chi connectivity index (χ2n) is 19.6. The standard InChI is InChI=1S/C50H64Cl2Si4/c1-49(2,3)55(41-27-17-13-18-28-41,42-29-19-14-20-30-42)47(45(51)37-39-53(7,8)9)35-25-26-36-48(46(52)38-40-54(10,11)12)56(50(4,5)6,43-31-21-15-22-32-43)44-33-23-16-24-34-44/h13-24,27-34H,37-40H2,1-12H3/b47-45+,48-46+. The third-order valence-electron chi connectivity index (χ3n) is 11.0. The van der Waals surface area contributed by atoms with Crippen molar-refractivity contribution in [2.75, 3.05) is 0 Å². The molecule has 0 heterocycles. The normalized spacial score (nSPS) is 13.8. The van der Waals surface area contributed by atoms with E-state index in [1.807, 2.05) is 0 Å². The summed E-state index contributed by atoms with van der Waals surface area (Å²) in [6.45, 7) is 28.7. The molecule has 0 aliphatic heterocycles. The Morgan fingerprint density at radius 3 is 0.857 bits per heavy atom. The van der Waals surface area contributed by atoms with E-state index in [0.29, 0.717) is 0 Å². The number of allylic oxidation sites excluding steroid dienone is 4. The molecule has 0 radical (unpaired) electrons. The first-order chi connectivity index (χ1) is 26.2. The average Bonchev–Trinajstić information content (AvgIpc) is 3.13. The Bertz CT molecular complexity index is 1850. The Kier molecular flexibility index (Phi) is 15.2. The molecule has 4 aromatic rings. The van der Waals surface area contributed by atoms with Crippen molar-refractivity contribution < 1.29 is 0 Å². The van der Waals surface area contributed by atoms with Crippen LogP contribution in [-0.4, -0.2) is 32.3 Å². The molecule has 0 spiro atoms. The SMILES string of the molecule is CC(C)(C)[Si](/C(C#CC#C/C(=C(\Cl)CC[Si](C)(C)C)[Si](c1ccccc1)(c1ccccc1)C(C)(C)C)=C(/Cl)CC[Si](C)(C)C)(c1ccccc1)c1ccccc1. The van der Waals surface area contributed by atoms with E-state index >= 15 is 0 Å². The first-order valence-corrected chi connectivity index (χ1v) is 32.4. The van der Waals surface area contributed by atoms with Gasteiger partial charge in [-0.25, -0.2) is 0 Å². The third-order valence-corrected chi connectivity index (χ3v) is 27.2. The Labute approximate surface area is 355 Å². The predicted octanol–water partition coefficient (Wildman–Crippen LogP) is 12.6. The lowest BCUT2D eigenvalue weighted by Gasteiger charge is -2.45. The number of rotatable bonds is 12. The first kappa shape index (κ1) is 45.6. The molecule has 6 heteroatoms. The van der Waals surface area contributed by atoms with Crippen molar-refractivity contribution in [3.05, 3.63) is 142 Å². The van der Waals surface area contributed by atoms with Gasteiger partial charge in [-0.05, 0) is 55.5 Å². The van der Waals surface area contributed by atoms with Crippen molar-refractivity contribution in [3.8, 4) is 23.7 Å². The Hall–Kier alpha value is -3.07. The van der Waals surface area contributed by atoms with E-state index in [1.165, 1.54) is 20.7 Å². The molecule has 4 aromatic carbocycles. The zero-order valence-electron chi connectivity index (χ0n) is 36.1. The largest absolute Gasteiger partial charge is 0.165 e. The molecule has 0 saturated heterocycles. The summed E-state index contributed by atoms with van der Waals surface area (Å²) in [7, 11) is -8.52. The van der Waals surface area contributed by atoms with Gasteiger partial charge in [0.05, 0.1) is 0 Å². The van der Waals surface area contributed by atoms with E-state index in [-0.39, 0.29) is 10.1 Å². The van der Waals surface area contributed by atoms with Crippen LogP contribution in [0.15, 0.2) is 142 Å². The van der Waals surface area contributed by atoms with Crippen LogP contribution in [0.3, 0.4) is 0 Å². The second-order valence-corrected chi connectivity index (χ2v) is 41.1. The van der Waals surface area contributed by atoms with Crippen LogP contribution in [0, 0.1) is 23.7 Å². The monoisotopic (exact) mass is 846 g/mol. The summed E-state index contributed by atoms with van der Waals surface area (Å²) in [6, 6.07) is 46.3. The highest BCUT2D eigenvalue weighted by atomic mass is 35.5. The molecule has 0 nitrogen and oxygen atoms in total. The number of hydrogen-bond donors (Lipinski definition) is 0. The van der Waals surface area contributed by atoms with Gasteiger partial charge in [0.25, 0.3) is 0 Å². The fraction of sp³-hybridized carbons (Fsp3) is 0.360. The fourth-order valence-electron chi connectivity index (χ4n) is 8.28. The fourth-order valence-corrected chi connectivity index (χ4v) is 22.9. The molecule has 0 aliphatic rings. The first-order valence-electron chi connectivity index (χ1n) is 20.2. The summed E-state index contributed by atoms with van der Waals surface area (Å²) < 4.78 is 0. The quantitative estimate of drug-likeness (QED) is 0.0984. The molecule has 4 rings (SSSR count). The predicted molar refractivity (Wildman–Crippen MR) is 262 cm³/mol. The van der Waals surface area contributed by atoms with Gasteiger partial charge in [0.15, 0.2) is 16.1 Å².